The lowest BCUT2D eigenvalue weighted by Crippen LogP contribution is -2.23. The average molecular weight is 274 g/mol. The van der Waals surface area contributed by atoms with E-state index in [0.29, 0.717) is 11.8 Å². The Bertz CT molecular complexity index is 179. The monoisotopic (exact) mass is 272 g/mol. The highest BCUT2D eigenvalue weighted by molar-refractivity contribution is 8.93. The Morgan fingerprint density at radius 2 is 2.50 bits per heavy atom. The SMILES string of the molecule is Br.N=C1SCCN1OC/C=C/Cl. The first kappa shape index (κ1) is 12.3. The Morgan fingerprint density at radius 3 is 3.00 bits per heavy atom. The zero-order valence-corrected chi connectivity index (χ0v) is 9.61. The summed E-state index contributed by atoms with van der Waals surface area (Å²) in [7, 11) is 0. The first-order valence-electron chi connectivity index (χ1n) is 3.21. The average Bonchev–Trinajstić information content (AvgIpc) is 2.37. The first-order valence-corrected chi connectivity index (χ1v) is 4.64. The number of nitrogens with zero attached hydrogens (tertiary/aromatic N) is 1. The van der Waals surface area contributed by atoms with Gasteiger partial charge in [-0.05, 0) is 6.08 Å². The molecule has 1 fully saturated rings. The summed E-state index contributed by atoms with van der Waals surface area (Å²) >= 11 is 6.78. The first-order chi connectivity index (χ1) is 5.34. The molecule has 0 atom stereocenters. The van der Waals surface area contributed by atoms with Crippen LogP contribution in [0.4, 0.5) is 0 Å². The van der Waals surface area contributed by atoms with E-state index in [-0.39, 0.29) is 17.0 Å². The minimum absolute atomic E-state index is 0. The lowest BCUT2D eigenvalue weighted by Gasteiger charge is -2.13. The number of thioether (sulfide) groups is 1. The highest BCUT2D eigenvalue weighted by Crippen LogP contribution is 2.15. The number of hydroxylamine groups is 2. The molecule has 0 aromatic heterocycles. The van der Waals surface area contributed by atoms with Crippen LogP contribution >= 0.6 is 40.3 Å². The number of amidine groups is 1. The molecule has 1 N–H and O–H groups in total. The second-order valence-corrected chi connectivity index (χ2v) is 3.25. The van der Waals surface area contributed by atoms with Crippen molar-refractivity contribution < 1.29 is 4.84 Å². The molecule has 0 bridgehead atoms. The van der Waals surface area contributed by atoms with Crippen LogP contribution in [0, 0.1) is 5.41 Å². The van der Waals surface area contributed by atoms with E-state index in [0.717, 1.165) is 12.3 Å². The molecule has 0 spiro atoms. The van der Waals surface area contributed by atoms with Crippen LogP contribution in [-0.2, 0) is 4.84 Å². The van der Waals surface area contributed by atoms with E-state index in [1.807, 2.05) is 0 Å². The molecule has 0 aromatic rings. The predicted molar refractivity (Wildman–Crippen MR) is 58.2 cm³/mol. The molecule has 1 aliphatic rings. The van der Waals surface area contributed by atoms with Crippen molar-refractivity contribution in [2.75, 3.05) is 18.9 Å². The maximum atomic E-state index is 7.35. The van der Waals surface area contributed by atoms with Gasteiger partial charge in [-0.15, -0.1) is 17.0 Å². The van der Waals surface area contributed by atoms with Gasteiger partial charge in [0.1, 0.15) is 0 Å². The molecule has 12 heavy (non-hydrogen) atoms. The van der Waals surface area contributed by atoms with E-state index in [9.17, 15) is 0 Å². The Morgan fingerprint density at radius 1 is 1.75 bits per heavy atom. The van der Waals surface area contributed by atoms with Gasteiger partial charge in [0.2, 0.25) is 0 Å². The smallest absolute Gasteiger partial charge is 0.180 e. The van der Waals surface area contributed by atoms with Crippen molar-refractivity contribution in [2.45, 2.75) is 0 Å². The molecule has 1 saturated heterocycles. The second kappa shape index (κ2) is 6.77. The lowest BCUT2D eigenvalue weighted by molar-refractivity contribution is -0.0756. The van der Waals surface area contributed by atoms with Gasteiger partial charge in [0, 0.05) is 11.3 Å². The van der Waals surface area contributed by atoms with Crippen LogP contribution in [-0.4, -0.2) is 29.1 Å². The van der Waals surface area contributed by atoms with Crippen molar-refractivity contribution in [3.63, 3.8) is 0 Å². The van der Waals surface area contributed by atoms with Gasteiger partial charge >= 0.3 is 0 Å². The molecule has 0 radical (unpaired) electrons. The van der Waals surface area contributed by atoms with E-state index in [4.69, 9.17) is 21.8 Å². The highest BCUT2D eigenvalue weighted by Gasteiger charge is 2.17. The molecule has 0 amide bonds. The van der Waals surface area contributed by atoms with Crippen LogP contribution < -0.4 is 0 Å². The van der Waals surface area contributed by atoms with Crippen molar-refractivity contribution in [1.82, 2.24) is 5.06 Å². The fourth-order valence-electron chi connectivity index (χ4n) is 0.691. The summed E-state index contributed by atoms with van der Waals surface area (Å²) in [6, 6.07) is 0. The topological polar surface area (TPSA) is 36.3 Å². The van der Waals surface area contributed by atoms with Crippen molar-refractivity contribution in [1.29, 1.82) is 5.41 Å². The van der Waals surface area contributed by atoms with E-state index >= 15 is 0 Å². The molecular weight excluding hydrogens is 264 g/mol. The van der Waals surface area contributed by atoms with Crippen molar-refractivity contribution in [3.05, 3.63) is 11.6 Å². The van der Waals surface area contributed by atoms with Crippen molar-refractivity contribution in [2.24, 2.45) is 0 Å². The molecule has 0 unspecified atom stereocenters. The lowest BCUT2D eigenvalue weighted by atomic mass is 10.7. The van der Waals surface area contributed by atoms with E-state index < -0.39 is 0 Å². The molecule has 0 saturated carbocycles. The molecule has 1 aliphatic heterocycles. The van der Waals surface area contributed by atoms with E-state index in [2.05, 4.69) is 0 Å². The zero-order chi connectivity index (χ0) is 8.10. The summed E-state index contributed by atoms with van der Waals surface area (Å²) < 4.78 is 0. The van der Waals surface area contributed by atoms with Gasteiger partial charge in [-0.25, -0.2) is 5.06 Å². The maximum absolute atomic E-state index is 7.35. The minimum atomic E-state index is 0. The Kier molecular flexibility index (Phi) is 6.93. The van der Waals surface area contributed by atoms with E-state index in [1.165, 1.54) is 17.3 Å². The van der Waals surface area contributed by atoms with Crippen molar-refractivity contribution >= 4 is 45.5 Å². The third-order valence-corrected chi connectivity index (χ3v) is 2.22. The van der Waals surface area contributed by atoms with Crippen LogP contribution in [0.5, 0.6) is 0 Å². The molecular formula is C6H10BrClN2OS. The minimum Gasteiger partial charge on any atom is -0.277 e. The molecule has 6 heteroatoms. The number of hydrogen-bond donors (Lipinski definition) is 1. The van der Waals surface area contributed by atoms with Gasteiger partial charge < -0.3 is 0 Å². The molecule has 70 valence electrons. The fourth-order valence-corrected chi connectivity index (χ4v) is 1.50. The second-order valence-electron chi connectivity index (χ2n) is 1.91. The van der Waals surface area contributed by atoms with Gasteiger partial charge in [-0.3, -0.25) is 10.2 Å². The van der Waals surface area contributed by atoms with Crippen molar-refractivity contribution in [3.8, 4) is 0 Å². The Labute approximate surface area is 91.3 Å². The van der Waals surface area contributed by atoms with Crippen LogP contribution in [0.15, 0.2) is 11.6 Å². The molecule has 0 aromatic carbocycles. The molecule has 3 nitrogen and oxygen atoms in total. The quantitative estimate of drug-likeness (QED) is 0.857. The standard InChI is InChI=1S/C6H9ClN2OS.BrH/c7-2-1-4-10-9-3-5-11-6(9)8;/h1-2,8H,3-5H2;1H/b2-1+,8-6?;. The molecule has 1 rings (SSSR count). The Balaban J connectivity index is 0.00000121. The number of rotatable bonds is 3. The summed E-state index contributed by atoms with van der Waals surface area (Å²) in [6.07, 6.45) is 1.69. The van der Waals surface area contributed by atoms with Gasteiger partial charge in [0.05, 0.1) is 13.2 Å². The largest absolute Gasteiger partial charge is 0.277 e. The van der Waals surface area contributed by atoms with Gasteiger partial charge in [-0.2, -0.15) is 0 Å². The molecule has 0 aliphatic carbocycles. The molecule has 1 heterocycles. The summed E-state index contributed by atoms with van der Waals surface area (Å²) in [5.41, 5.74) is 1.41. The van der Waals surface area contributed by atoms with Crippen LogP contribution in [0.3, 0.4) is 0 Å². The van der Waals surface area contributed by atoms with Gasteiger partial charge in [0.25, 0.3) is 0 Å². The summed E-state index contributed by atoms with van der Waals surface area (Å²) in [5.74, 6) is 0.934. The summed E-state index contributed by atoms with van der Waals surface area (Å²) in [5, 5.41) is 9.40. The number of halogens is 2. The third-order valence-electron chi connectivity index (χ3n) is 1.18. The number of hydrogen-bond acceptors (Lipinski definition) is 3. The van der Waals surface area contributed by atoms with Gasteiger partial charge in [-0.1, -0.05) is 23.4 Å². The van der Waals surface area contributed by atoms with Crippen LogP contribution in [0.25, 0.3) is 0 Å². The summed E-state index contributed by atoms with van der Waals surface area (Å²) in [6.45, 7) is 1.23. The predicted octanol–water partition coefficient (Wildman–Crippen LogP) is 2.23. The maximum Gasteiger partial charge on any atom is 0.180 e. The van der Waals surface area contributed by atoms with Gasteiger partial charge in [0.15, 0.2) is 5.17 Å². The fraction of sp³-hybridized carbons (Fsp3) is 0.500. The van der Waals surface area contributed by atoms with E-state index in [1.54, 1.807) is 11.1 Å². The third kappa shape index (κ3) is 3.80. The van der Waals surface area contributed by atoms with Crippen LogP contribution in [0.1, 0.15) is 0 Å². The highest BCUT2D eigenvalue weighted by atomic mass is 79.9. The zero-order valence-electron chi connectivity index (χ0n) is 6.33. The number of nitrogens with one attached hydrogen (secondary N) is 1. The normalized spacial score (nSPS) is 17.1. The Hall–Kier alpha value is 0.290. The van der Waals surface area contributed by atoms with Crippen LogP contribution in [0.2, 0.25) is 0 Å². The summed E-state index contributed by atoms with van der Waals surface area (Å²) in [4.78, 5) is 5.17.